The number of hydrogen-bond acceptors (Lipinski definition) is 10. The van der Waals surface area contributed by atoms with Crippen molar-refractivity contribution in [2.24, 2.45) is 15.0 Å². The van der Waals surface area contributed by atoms with Crippen LogP contribution in [-0.4, -0.2) is 62.9 Å². The van der Waals surface area contributed by atoms with Gasteiger partial charge in [-0.25, -0.2) is 14.7 Å². The van der Waals surface area contributed by atoms with Gasteiger partial charge >= 0.3 is 0 Å². The molecule has 0 bridgehead atoms. The summed E-state index contributed by atoms with van der Waals surface area (Å²) in [5.41, 5.74) is 16.0. The summed E-state index contributed by atoms with van der Waals surface area (Å²) in [7, 11) is 3.27. The third kappa shape index (κ3) is 10.1. The van der Waals surface area contributed by atoms with Crippen molar-refractivity contribution < 1.29 is 19.1 Å². The lowest BCUT2D eigenvalue weighted by Crippen LogP contribution is -2.38. The van der Waals surface area contributed by atoms with Gasteiger partial charge in [0.1, 0.15) is 34.2 Å². The number of carbonyl (C=O) groups excluding carboxylic acids is 2. The fraction of sp³-hybridized carbons (Fsp3) is 0.147. The monoisotopic (exact) mass is 1060 g/mol. The second kappa shape index (κ2) is 22.3. The lowest BCUT2D eigenvalue weighted by atomic mass is 9.77. The summed E-state index contributed by atoms with van der Waals surface area (Å²) in [6, 6.07) is 63.0. The number of pyridine rings is 2. The molecule has 0 unspecified atom stereocenters. The van der Waals surface area contributed by atoms with Gasteiger partial charge in [0.15, 0.2) is 0 Å². The number of amides is 2. The van der Waals surface area contributed by atoms with E-state index in [1.807, 2.05) is 105 Å². The van der Waals surface area contributed by atoms with E-state index in [1.165, 1.54) is 5.56 Å². The summed E-state index contributed by atoms with van der Waals surface area (Å²) in [4.78, 5) is 49.2. The Morgan fingerprint density at radius 2 is 1.01 bits per heavy atom. The van der Waals surface area contributed by atoms with E-state index in [9.17, 15) is 9.59 Å². The van der Waals surface area contributed by atoms with Gasteiger partial charge in [0.05, 0.1) is 55.5 Å². The van der Waals surface area contributed by atoms with Crippen LogP contribution in [-0.2, 0) is 34.5 Å². The lowest BCUT2D eigenvalue weighted by Gasteiger charge is -2.37. The van der Waals surface area contributed by atoms with Crippen molar-refractivity contribution in [2.75, 3.05) is 14.2 Å². The number of aliphatic imine (C=N–C) groups is 3. The number of nitrogens with zero attached hydrogens (tertiary/aromatic N) is 7. The van der Waals surface area contributed by atoms with Gasteiger partial charge in [0.25, 0.3) is 11.8 Å². The summed E-state index contributed by atoms with van der Waals surface area (Å²) in [6.07, 6.45) is 8.06. The highest BCUT2D eigenvalue weighted by Crippen LogP contribution is 2.46. The van der Waals surface area contributed by atoms with Crippen LogP contribution in [0.5, 0.6) is 11.5 Å². The lowest BCUT2D eigenvalue weighted by molar-refractivity contribution is -0.116. The minimum absolute atomic E-state index is 0.144. The Morgan fingerprint density at radius 3 is 1.52 bits per heavy atom. The van der Waals surface area contributed by atoms with Crippen LogP contribution in [0, 0.1) is 0 Å². The zero-order valence-corrected chi connectivity index (χ0v) is 45.2. The van der Waals surface area contributed by atoms with E-state index in [0.717, 1.165) is 101 Å². The van der Waals surface area contributed by atoms with Crippen molar-refractivity contribution >= 4 is 51.2 Å². The molecule has 81 heavy (non-hydrogen) atoms. The predicted octanol–water partition coefficient (Wildman–Crippen LogP) is 12.4. The number of methoxy groups -OCH3 is 2. The summed E-state index contributed by atoms with van der Waals surface area (Å²) in [5.74, 6) is 1.18. The molecule has 3 aromatic heterocycles. The largest absolute Gasteiger partial charge is 0.497 e. The van der Waals surface area contributed by atoms with E-state index in [0.29, 0.717) is 30.8 Å². The highest BCUT2D eigenvalue weighted by atomic mass is 16.5. The molecular formula is C68H57N9O4. The Balaban J connectivity index is 0.000000180. The molecule has 0 spiro atoms. The maximum absolute atomic E-state index is 13.7. The zero-order chi connectivity index (χ0) is 55.5. The van der Waals surface area contributed by atoms with Crippen LogP contribution in [0.1, 0.15) is 81.6 Å². The molecule has 0 saturated carbocycles. The van der Waals surface area contributed by atoms with Crippen molar-refractivity contribution in [3.05, 3.63) is 268 Å². The third-order valence-corrected chi connectivity index (χ3v) is 15.3. The smallest absolute Gasteiger partial charge is 0.266 e. The topological polar surface area (TPSA) is 157 Å². The van der Waals surface area contributed by atoms with Crippen LogP contribution in [0.25, 0.3) is 22.2 Å². The Bertz CT molecular complexity index is 3970. The summed E-state index contributed by atoms with van der Waals surface area (Å²) < 4.78 is 12.8. The van der Waals surface area contributed by atoms with Gasteiger partial charge < -0.3 is 20.1 Å². The van der Waals surface area contributed by atoms with Crippen molar-refractivity contribution in [2.45, 2.75) is 50.9 Å². The standard InChI is InChI=1S/C43H35N5O2.C25H22N4O2/c1-29(31-13-12-20-36(25-31)50-2)45-42(49)39-26-32-27-40-37(28-38(32)46-39)41(30-21-23-44-24-22-30)47-48(40)43(33-14-6-3-7-15-33,34-16-8-4-9-17-34)35-18-10-5-11-19-35;1-15(17-4-3-5-20(11-17)31-2)28-25(30)23-12-18-10-19-14-27-24(16-6-8-26-9-7-16)21(19)13-22(18)29-23/h3-25,27-29H,26H2,1-2H3,(H,45,49);3-11,13,15H,12,14H2,1-2H3,(H,28,30)/t29-;15-/m11/s1. The average molecular weight is 1060 g/mol. The molecular weight excluding hydrogens is 1010 g/mol. The fourth-order valence-corrected chi connectivity index (χ4v) is 11.2. The first kappa shape index (κ1) is 51.6. The molecule has 2 atom stereocenters. The summed E-state index contributed by atoms with van der Waals surface area (Å²) in [5, 5.41) is 12.6. The van der Waals surface area contributed by atoms with Crippen molar-refractivity contribution in [3.8, 4) is 22.8 Å². The number of rotatable bonds is 14. The van der Waals surface area contributed by atoms with Gasteiger partial charge in [-0.1, -0.05) is 121 Å². The van der Waals surface area contributed by atoms with Gasteiger partial charge in [0, 0.05) is 59.7 Å². The molecule has 13 rings (SSSR count). The van der Waals surface area contributed by atoms with E-state index < -0.39 is 5.54 Å². The van der Waals surface area contributed by atoms with E-state index in [4.69, 9.17) is 24.6 Å². The molecule has 2 amide bonds. The van der Waals surface area contributed by atoms with Crippen LogP contribution in [0.3, 0.4) is 0 Å². The zero-order valence-electron chi connectivity index (χ0n) is 45.2. The van der Waals surface area contributed by atoms with Crippen molar-refractivity contribution in [3.63, 3.8) is 0 Å². The molecule has 0 aliphatic carbocycles. The van der Waals surface area contributed by atoms with Crippen LogP contribution < -0.4 is 20.1 Å². The maximum atomic E-state index is 13.7. The molecule has 398 valence electrons. The molecule has 0 saturated heterocycles. The third-order valence-electron chi connectivity index (χ3n) is 15.3. The van der Waals surface area contributed by atoms with Gasteiger partial charge in [-0.3, -0.25) is 24.5 Å². The number of fused-ring (bicyclic) bond motifs is 4. The highest BCUT2D eigenvalue weighted by molar-refractivity contribution is 6.41. The van der Waals surface area contributed by atoms with E-state index >= 15 is 0 Å². The van der Waals surface area contributed by atoms with E-state index in [2.05, 4.69) is 127 Å². The first-order chi connectivity index (χ1) is 39.7. The molecule has 10 aromatic rings. The molecule has 13 nitrogen and oxygen atoms in total. The number of aromatic nitrogens is 4. The van der Waals surface area contributed by atoms with Crippen LogP contribution in [0.4, 0.5) is 11.4 Å². The maximum Gasteiger partial charge on any atom is 0.266 e. The molecule has 3 aliphatic heterocycles. The quantitative estimate of drug-likeness (QED) is 0.103. The molecule has 7 aromatic carbocycles. The van der Waals surface area contributed by atoms with E-state index in [1.54, 1.807) is 39.0 Å². The average Bonchev–Trinajstić information content (AvgIpc) is 4.47. The van der Waals surface area contributed by atoms with Crippen LogP contribution >= 0.6 is 0 Å². The molecule has 3 aliphatic rings. The molecule has 0 radical (unpaired) electrons. The predicted molar refractivity (Wildman–Crippen MR) is 318 cm³/mol. The van der Waals surface area contributed by atoms with Gasteiger partial charge in [-0.15, -0.1) is 0 Å². The van der Waals surface area contributed by atoms with Gasteiger partial charge in [0.2, 0.25) is 0 Å². The van der Waals surface area contributed by atoms with Gasteiger partial charge in [-0.05, 0) is 125 Å². The number of carbonyl (C=O) groups is 2. The van der Waals surface area contributed by atoms with Crippen LogP contribution in [0.2, 0.25) is 0 Å². The summed E-state index contributed by atoms with van der Waals surface area (Å²) >= 11 is 0. The Hall–Kier alpha value is -10.1. The Labute approximate surface area is 469 Å². The normalized spacial score (nSPS) is 13.8. The van der Waals surface area contributed by atoms with Crippen LogP contribution in [0.15, 0.2) is 228 Å². The van der Waals surface area contributed by atoms with Crippen molar-refractivity contribution in [1.29, 1.82) is 0 Å². The number of benzene rings is 7. The first-order valence-electron chi connectivity index (χ1n) is 27.0. The Morgan fingerprint density at radius 1 is 0.531 bits per heavy atom. The highest BCUT2D eigenvalue weighted by Gasteiger charge is 2.41. The Kier molecular flexibility index (Phi) is 14.2. The minimum Gasteiger partial charge on any atom is -0.497 e. The van der Waals surface area contributed by atoms with E-state index in [-0.39, 0.29) is 23.9 Å². The van der Waals surface area contributed by atoms with Crippen molar-refractivity contribution in [1.82, 2.24) is 30.4 Å². The summed E-state index contributed by atoms with van der Waals surface area (Å²) in [6.45, 7) is 4.57. The molecule has 13 heteroatoms. The number of ether oxygens (including phenoxy) is 2. The van der Waals surface area contributed by atoms with Gasteiger partial charge in [-0.2, -0.15) is 5.10 Å². The second-order valence-electron chi connectivity index (χ2n) is 20.3. The molecule has 2 N–H and O–H groups in total. The molecule has 6 heterocycles. The minimum atomic E-state index is -0.826. The molecule has 0 fully saturated rings. The second-order valence-corrected chi connectivity index (χ2v) is 20.3. The number of nitrogens with one attached hydrogen (secondary N) is 2. The number of hydrogen-bond donors (Lipinski definition) is 2. The first-order valence-corrected chi connectivity index (χ1v) is 27.0. The SMILES string of the molecule is COc1cccc([C@@H](C)NC(=O)C2=Nc3cc4c(-c5ccncc5)nn(C(c5ccccc5)(c5ccccc5)c5ccccc5)c4cc3C2)c1.COc1cccc([C@@H](C)NC(=O)C2=Nc3cc4c(cc3C2)CN=C4c2ccncc2)c1. The fourth-order valence-electron chi connectivity index (χ4n) is 11.2.